The van der Waals surface area contributed by atoms with Crippen LogP contribution in [0.1, 0.15) is 0 Å². The van der Waals surface area contributed by atoms with E-state index in [9.17, 15) is 19.7 Å². The molecule has 0 bridgehead atoms. The number of carbonyl (C=O) groups is 2. The predicted molar refractivity (Wildman–Crippen MR) is 99.3 cm³/mol. The molecule has 7 nitrogen and oxygen atoms in total. The molecule has 0 aliphatic heterocycles. The first-order chi connectivity index (χ1) is 12.4. The molecule has 130 valence electrons. The monoisotopic (exact) mass is 369 g/mol. The van der Waals surface area contributed by atoms with Gasteiger partial charge in [0.05, 0.1) is 4.92 Å². The van der Waals surface area contributed by atoms with E-state index >= 15 is 0 Å². The van der Waals surface area contributed by atoms with Crippen LogP contribution in [0.3, 0.4) is 0 Å². The van der Waals surface area contributed by atoms with Gasteiger partial charge >= 0.3 is 11.8 Å². The van der Waals surface area contributed by atoms with E-state index in [0.717, 1.165) is 16.8 Å². The second-order valence-corrected chi connectivity index (χ2v) is 5.80. The Morgan fingerprint density at radius 3 is 2.08 bits per heavy atom. The minimum atomic E-state index is -0.949. The fourth-order valence-electron chi connectivity index (χ4n) is 2.37. The summed E-state index contributed by atoms with van der Waals surface area (Å²) in [6.45, 7) is 0. The molecule has 2 amide bonds. The van der Waals surface area contributed by atoms with Gasteiger partial charge in [0.2, 0.25) is 0 Å². The molecule has 0 spiro atoms. The van der Waals surface area contributed by atoms with Crippen molar-refractivity contribution in [2.45, 2.75) is 0 Å². The maximum absolute atomic E-state index is 12.1. The van der Waals surface area contributed by atoms with Gasteiger partial charge in [0.1, 0.15) is 5.02 Å². The summed E-state index contributed by atoms with van der Waals surface area (Å²) in [6, 6.07) is 16.6. The quantitative estimate of drug-likeness (QED) is 0.414. The molecule has 3 aromatic rings. The van der Waals surface area contributed by atoms with Crippen LogP contribution in [-0.2, 0) is 9.59 Å². The molecule has 3 rings (SSSR count). The zero-order chi connectivity index (χ0) is 18.7. The summed E-state index contributed by atoms with van der Waals surface area (Å²) in [4.78, 5) is 34.3. The number of carbonyl (C=O) groups excluding carboxylic acids is 2. The van der Waals surface area contributed by atoms with Gasteiger partial charge in [0.25, 0.3) is 5.69 Å². The minimum absolute atomic E-state index is 0.0615. The first kappa shape index (κ1) is 17.4. The fraction of sp³-hybridized carbons (Fsp3) is 0. The normalized spacial score (nSPS) is 10.3. The molecule has 0 heterocycles. The lowest BCUT2D eigenvalue weighted by Crippen LogP contribution is -2.29. The number of hydrogen-bond acceptors (Lipinski definition) is 4. The van der Waals surface area contributed by atoms with Gasteiger partial charge in [-0.25, -0.2) is 0 Å². The average Bonchev–Trinajstić information content (AvgIpc) is 2.63. The molecule has 0 fully saturated rings. The number of hydrogen-bond donors (Lipinski definition) is 2. The number of rotatable bonds is 3. The molecule has 0 aliphatic rings. The first-order valence-corrected chi connectivity index (χ1v) is 7.87. The number of amides is 2. The van der Waals surface area contributed by atoms with E-state index in [1.54, 1.807) is 12.1 Å². The van der Waals surface area contributed by atoms with Crippen molar-refractivity contribution in [3.05, 3.63) is 75.8 Å². The molecular formula is C18H12ClN3O4. The van der Waals surface area contributed by atoms with Crippen molar-refractivity contribution in [3.8, 4) is 0 Å². The number of anilines is 2. The second kappa shape index (κ2) is 7.20. The molecule has 3 aromatic carbocycles. The number of fused-ring (bicyclic) bond motifs is 1. The minimum Gasteiger partial charge on any atom is -0.318 e. The summed E-state index contributed by atoms with van der Waals surface area (Å²) in [5.41, 5.74) is 0.199. The summed E-state index contributed by atoms with van der Waals surface area (Å²) < 4.78 is 0. The number of benzene rings is 3. The van der Waals surface area contributed by atoms with Gasteiger partial charge in [0, 0.05) is 17.4 Å². The number of halogens is 1. The predicted octanol–water partition coefficient (Wildman–Crippen LogP) is 3.98. The highest BCUT2D eigenvalue weighted by Crippen LogP contribution is 2.27. The Balaban J connectivity index is 1.72. The van der Waals surface area contributed by atoms with Crippen LogP contribution in [0, 0.1) is 10.1 Å². The van der Waals surface area contributed by atoms with Crippen molar-refractivity contribution in [1.29, 1.82) is 0 Å². The van der Waals surface area contributed by atoms with Crippen molar-refractivity contribution in [3.63, 3.8) is 0 Å². The molecule has 26 heavy (non-hydrogen) atoms. The standard InChI is InChI=1S/C18H12ClN3O4/c19-15-8-7-14(10-16(15)22(25)26)21-18(24)17(23)20-13-6-5-11-3-1-2-4-12(11)9-13/h1-10H,(H,20,23)(H,21,24). The molecule has 0 aromatic heterocycles. The lowest BCUT2D eigenvalue weighted by atomic mass is 10.1. The highest BCUT2D eigenvalue weighted by Gasteiger charge is 2.17. The topological polar surface area (TPSA) is 101 Å². The van der Waals surface area contributed by atoms with E-state index in [-0.39, 0.29) is 16.4 Å². The van der Waals surface area contributed by atoms with Gasteiger partial charge in [-0.1, -0.05) is 41.9 Å². The van der Waals surface area contributed by atoms with E-state index in [0.29, 0.717) is 5.69 Å². The molecule has 0 unspecified atom stereocenters. The highest BCUT2D eigenvalue weighted by atomic mass is 35.5. The van der Waals surface area contributed by atoms with Crippen molar-refractivity contribution >= 4 is 51.2 Å². The lowest BCUT2D eigenvalue weighted by molar-refractivity contribution is -0.384. The first-order valence-electron chi connectivity index (χ1n) is 7.49. The van der Waals surface area contributed by atoms with Crippen molar-refractivity contribution in [2.75, 3.05) is 10.6 Å². The van der Waals surface area contributed by atoms with Gasteiger partial charge in [0.15, 0.2) is 0 Å². The highest BCUT2D eigenvalue weighted by molar-refractivity contribution is 6.43. The van der Waals surface area contributed by atoms with Gasteiger partial charge in [-0.3, -0.25) is 19.7 Å². The van der Waals surface area contributed by atoms with E-state index in [2.05, 4.69) is 10.6 Å². The Bertz CT molecular complexity index is 1040. The van der Waals surface area contributed by atoms with E-state index in [1.807, 2.05) is 30.3 Å². The third kappa shape index (κ3) is 3.79. The number of nitro benzene ring substituents is 1. The zero-order valence-corrected chi connectivity index (χ0v) is 14.0. The Morgan fingerprint density at radius 2 is 1.42 bits per heavy atom. The Morgan fingerprint density at radius 1 is 0.846 bits per heavy atom. The Hall–Kier alpha value is -3.45. The van der Waals surface area contributed by atoms with Gasteiger partial charge in [-0.15, -0.1) is 0 Å². The summed E-state index contributed by atoms with van der Waals surface area (Å²) in [7, 11) is 0. The SMILES string of the molecule is O=C(Nc1ccc(Cl)c([N+](=O)[O-])c1)C(=O)Nc1ccc2ccccc2c1. The van der Waals surface area contributed by atoms with Crippen LogP contribution in [-0.4, -0.2) is 16.7 Å². The number of nitrogens with one attached hydrogen (secondary N) is 2. The van der Waals surface area contributed by atoms with Gasteiger partial charge < -0.3 is 10.6 Å². The molecule has 0 radical (unpaired) electrons. The van der Waals surface area contributed by atoms with E-state index in [4.69, 9.17) is 11.6 Å². The van der Waals surface area contributed by atoms with Crippen LogP contribution < -0.4 is 10.6 Å². The molecule has 0 aliphatic carbocycles. The van der Waals surface area contributed by atoms with Crippen LogP contribution in [0.25, 0.3) is 10.8 Å². The maximum atomic E-state index is 12.1. The van der Waals surface area contributed by atoms with Gasteiger partial charge in [-0.2, -0.15) is 0 Å². The number of nitrogens with zero attached hydrogens (tertiary/aromatic N) is 1. The van der Waals surface area contributed by atoms with Gasteiger partial charge in [-0.05, 0) is 35.0 Å². The summed E-state index contributed by atoms with van der Waals surface area (Å²) in [5.74, 6) is -1.84. The van der Waals surface area contributed by atoms with Crippen molar-refractivity contribution in [2.24, 2.45) is 0 Å². The zero-order valence-electron chi connectivity index (χ0n) is 13.2. The van der Waals surface area contributed by atoms with Crippen LogP contribution in [0.15, 0.2) is 60.7 Å². The Kier molecular flexibility index (Phi) is 4.81. The lowest BCUT2D eigenvalue weighted by Gasteiger charge is -2.08. The largest absolute Gasteiger partial charge is 0.318 e. The van der Waals surface area contributed by atoms with E-state index in [1.165, 1.54) is 12.1 Å². The summed E-state index contributed by atoms with van der Waals surface area (Å²) in [6.07, 6.45) is 0. The van der Waals surface area contributed by atoms with Crippen LogP contribution >= 0.6 is 11.6 Å². The second-order valence-electron chi connectivity index (χ2n) is 5.39. The fourth-order valence-corrected chi connectivity index (χ4v) is 2.56. The molecule has 0 saturated carbocycles. The van der Waals surface area contributed by atoms with Crippen LogP contribution in [0.2, 0.25) is 5.02 Å². The third-order valence-electron chi connectivity index (χ3n) is 3.61. The third-order valence-corrected chi connectivity index (χ3v) is 3.93. The maximum Gasteiger partial charge on any atom is 0.314 e. The Labute approximate surface area is 152 Å². The smallest absolute Gasteiger partial charge is 0.314 e. The van der Waals surface area contributed by atoms with Crippen molar-refractivity contribution < 1.29 is 14.5 Å². The number of nitro groups is 1. The molecule has 2 N–H and O–H groups in total. The summed E-state index contributed by atoms with van der Waals surface area (Å²) >= 11 is 5.71. The molecular weight excluding hydrogens is 358 g/mol. The van der Waals surface area contributed by atoms with Crippen molar-refractivity contribution in [1.82, 2.24) is 0 Å². The van der Waals surface area contributed by atoms with Crippen LogP contribution in [0.5, 0.6) is 0 Å². The van der Waals surface area contributed by atoms with Crippen LogP contribution in [0.4, 0.5) is 17.1 Å². The van der Waals surface area contributed by atoms with E-state index < -0.39 is 16.7 Å². The molecule has 0 saturated heterocycles. The summed E-state index contributed by atoms with van der Waals surface area (Å²) in [5, 5.41) is 17.5. The average molecular weight is 370 g/mol. The molecule has 0 atom stereocenters. The molecule has 8 heteroatoms.